The summed E-state index contributed by atoms with van der Waals surface area (Å²) < 4.78 is 12.3. The molecule has 1 aromatic heterocycles. The lowest BCUT2D eigenvalue weighted by molar-refractivity contribution is -0.894. The number of carboxylic acids is 1. The van der Waals surface area contributed by atoms with E-state index in [2.05, 4.69) is 14.1 Å². The van der Waals surface area contributed by atoms with E-state index in [1.165, 1.54) is 16.2 Å². The molecule has 222 valence electrons. The Hall–Kier alpha value is -3.96. The number of ether oxygens (including phenoxy) is 2. The fourth-order valence-electron chi connectivity index (χ4n) is 5.79. The van der Waals surface area contributed by atoms with E-state index in [-0.39, 0.29) is 24.8 Å². The van der Waals surface area contributed by atoms with Crippen molar-refractivity contribution in [2.75, 3.05) is 65.9 Å². The Kier molecular flexibility index (Phi) is 8.25. The summed E-state index contributed by atoms with van der Waals surface area (Å²) in [7, 11) is 7.53. The molecule has 11 heteroatoms. The number of hydrogen-bond acceptors (Lipinski definition) is 7. The third kappa shape index (κ3) is 6.12. The number of piperazine rings is 1. The molecule has 3 aromatic rings. The smallest absolute Gasteiger partial charge is 0.304 e. The summed E-state index contributed by atoms with van der Waals surface area (Å²) in [6.07, 6.45) is 0.503. The van der Waals surface area contributed by atoms with Crippen LogP contribution in [0.5, 0.6) is 11.5 Å². The quantitative estimate of drug-likeness (QED) is 0.379. The lowest BCUT2D eigenvalue weighted by Crippen LogP contribution is -2.56. The van der Waals surface area contributed by atoms with Crippen molar-refractivity contribution in [3.05, 3.63) is 59.0 Å². The summed E-state index contributed by atoms with van der Waals surface area (Å²) >= 11 is 1.30. The van der Waals surface area contributed by atoms with Crippen LogP contribution in [-0.4, -0.2) is 98.3 Å². The van der Waals surface area contributed by atoms with Gasteiger partial charge < -0.3 is 24.0 Å². The molecule has 2 heterocycles. The molecule has 5 rings (SSSR count). The van der Waals surface area contributed by atoms with Crippen LogP contribution in [0.3, 0.4) is 0 Å². The highest BCUT2D eigenvalue weighted by Crippen LogP contribution is 2.43. The van der Waals surface area contributed by atoms with Gasteiger partial charge in [-0.1, -0.05) is 24.3 Å². The van der Waals surface area contributed by atoms with Crippen LogP contribution in [0.15, 0.2) is 47.8 Å². The number of aliphatic carboxylic acids is 1. The Labute approximate surface area is 249 Å². The number of fused-ring (bicyclic) bond motifs is 1. The van der Waals surface area contributed by atoms with E-state index in [9.17, 15) is 19.5 Å². The fraction of sp³-hybridized carbons (Fsp3) is 0.419. The van der Waals surface area contributed by atoms with Crippen molar-refractivity contribution in [3.63, 3.8) is 0 Å². The van der Waals surface area contributed by atoms with Crippen LogP contribution >= 0.6 is 11.3 Å². The second kappa shape index (κ2) is 11.7. The molecule has 10 nitrogen and oxygen atoms in total. The number of methoxy groups -OCH3 is 1. The molecule has 2 aliphatic rings. The molecule has 0 unspecified atom stereocenters. The standard InChI is InChI=1S/C31H36N4O6S/c1-33(29(39)31(18-28(37)38)16-21-7-5-6-8-22(21)17-31)30-32-25(20-42-30)24-10-9-23(15-26(24)40-4)41-19-27(36)34-11-13-35(2,3)14-12-34/h5-10,15,20H,11-14,16-19H2,1-4H3/p+1. The van der Waals surface area contributed by atoms with Gasteiger partial charge in [0.1, 0.15) is 11.5 Å². The maximum absolute atomic E-state index is 13.8. The number of carboxylic acid groups (broad SMARTS) is 1. The van der Waals surface area contributed by atoms with E-state index in [4.69, 9.17) is 14.5 Å². The predicted octanol–water partition coefficient (Wildman–Crippen LogP) is 3.34. The first-order valence-electron chi connectivity index (χ1n) is 13.9. The number of quaternary nitrogens is 1. The van der Waals surface area contributed by atoms with Gasteiger partial charge >= 0.3 is 5.97 Å². The number of thiazole rings is 1. The first-order chi connectivity index (χ1) is 20.0. The Bertz CT molecular complexity index is 1470. The average molecular weight is 594 g/mol. The van der Waals surface area contributed by atoms with Gasteiger partial charge in [-0.05, 0) is 36.1 Å². The summed E-state index contributed by atoms with van der Waals surface area (Å²) in [5, 5.41) is 12.0. The van der Waals surface area contributed by atoms with Gasteiger partial charge in [0, 0.05) is 24.1 Å². The van der Waals surface area contributed by atoms with Crippen molar-refractivity contribution >= 4 is 34.3 Å². The minimum atomic E-state index is -1.06. The van der Waals surface area contributed by atoms with E-state index in [1.807, 2.05) is 40.6 Å². The van der Waals surface area contributed by atoms with Gasteiger partial charge in [0.25, 0.3) is 5.91 Å². The topological polar surface area (TPSA) is 109 Å². The van der Waals surface area contributed by atoms with Gasteiger partial charge in [-0.25, -0.2) is 4.98 Å². The highest BCUT2D eigenvalue weighted by molar-refractivity contribution is 7.14. The third-order valence-electron chi connectivity index (χ3n) is 8.32. The summed E-state index contributed by atoms with van der Waals surface area (Å²) in [4.78, 5) is 46.3. The third-order valence-corrected chi connectivity index (χ3v) is 9.23. The number of amides is 2. The van der Waals surface area contributed by atoms with Crippen molar-refractivity contribution in [2.45, 2.75) is 19.3 Å². The predicted molar refractivity (Wildman–Crippen MR) is 160 cm³/mol. The van der Waals surface area contributed by atoms with Crippen molar-refractivity contribution in [2.24, 2.45) is 5.41 Å². The van der Waals surface area contributed by atoms with Crippen LogP contribution in [0.25, 0.3) is 11.3 Å². The zero-order valence-electron chi connectivity index (χ0n) is 24.5. The van der Waals surface area contributed by atoms with E-state index >= 15 is 0 Å². The zero-order chi connectivity index (χ0) is 30.1. The Balaban J connectivity index is 1.28. The molecule has 42 heavy (non-hydrogen) atoms. The maximum atomic E-state index is 13.8. The summed E-state index contributed by atoms with van der Waals surface area (Å²) in [5.74, 6) is -0.274. The van der Waals surface area contributed by atoms with Gasteiger partial charge in [-0.3, -0.25) is 19.3 Å². The van der Waals surface area contributed by atoms with E-state index in [0.717, 1.165) is 28.7 Å². The zero-order valence-corrected chi connectivity index (χ0v) is 25.3. The minimum absolute atomic E-state index is 0.0411. The summed E-state index contributed by atoms with van der Waals surface area (Å²) in [6.45, 7) is 3.21. The monoisotopic (exact) mass is 593 g/mol. The molecule has 0 spiro atoms. The number of rotatable bonds is 9. The molecule has 2 aromatic carbocycles. The normalized spacial score (nSPS) is 16.9. The van der Waals surface area contributed by atoms with E-state index < -0.39 is 11.4 Å². The van der Waals surface area contributed by atoms with Crippen LogP contribution in [0.4, 0.5) is 5.13 Å². The van der Waals surface area contributed by atoms with Gasteiger partial charge in [-0.15, -0.1) is 11.3 Å². The molecule has 0 atom stereocenters. The Morgan fingerprint density at radius 3 is 2.38 bits per heavy atom. The highest BCUT2D eigenvalue weighted by atomic mass is 32.1. The van der Waals surface area contributed by atoms with Crippen molar-refractivity contribution < 1.29 is 33.4 Å². The van der Waals surface area contributed by atoms with Crippen LogP contribution in [0, 0.1) is 5.41 Å². The molecular formula is C31H37N4O6S+. The number of hydrogen-bond donors (Lipinski definition) is 1. The molecular weight excluding hydrogens is 556 g/mol. The van der Waals surface area contributed by atoms with Gasteiger partial charge in [0.15, 0.2) is 11.7 Å². The number of likely N-dealkylation sites (N-methyl/N-ethyl adjacent to an activating group) is 1. The first-order valence-corrected chi connectivity index (χ1v) is 14.8. The number of carbonyl (C=O) groups is 3. The second-order valence-corrected chi connectivity index (χ2v) is 12.6. The van der Waals surface area contributed by atoms with Crippen molar-refractivity contribution in [3.8, 4) is 22.8 Å². The molecule has 0 radical (unpaired) electrons. The molecule has 0 bridgehead atoms. The number of benzene rings is 2. The van der Waals surface area contributed by atoms with Gasteiger partial charge in [0.05, 0.1) is 64.9 Å². The molecule has 1 aliphatic heterocycles. The Morgan fingerprint density at radius 2 is 1.76 bits per heavy atom. The van der Waals surface area contributed by atoms with E-state index in [0.29, 0.717) is 53.8 Å². The molecule has 2 amide bonds. The SMILES string of the molecule is COc1cc(OCC(=O)N2CC[N+](C)(C)CC2)ccc1-c1csc(N(C)C(=O)C2(CC(=O)O)Cc3ccccc3C2)n1. The van der Waals surface area contributed by atoms with Crippen LogP contribution < -0.4 is 14.4 Å². The van der Waals surface area contributed by atoms with Crippen molar-refractivity contribution in [1.29, 1.82) is 0 Å². The lowest BCUT2D eigenvalue weighted by Gasteiger charge is -2.38. The van der Waals surface area contributed by atoms with Crippen LogP contribution in [-0.2, 0) is 27.2 Å². The summed E-state index contributed by atoms with van der Waals surface area (Å²) in [5.41, 5.74) is 2.28. The largest absolute Gasteiger partial charge is 0.496 e. The fourth-order valence-corrected chi connectivity index (χ4v) is 6.57. The van der Waals surface area contributed by atoms with Crippen LogP contribution in [0.2, 0.25) is 0 Å². The van der Waals surface area contributed by atoms with E-state index in [1.54, 1.807) is 26.3 Å². The second-order valence-electron chi connectivity index (χ2n) is 11.8. The molecule has 1 N–H and O–H groups in total. The number of aromatic nitrogens is 1. The first kappa shape index (κ1) is 29.5. The number of nitrogens with zero attached hydrogens (tertiary/aromatic N) is 4. The minimum Gasteiger partial charge on any atom is -0.496 e. The summed E-state index contributed by atoms with van der Waals surface area (Å²) in [6, 6.07) is 13.0. The Morgan fingerprint density at radius 1 is 1.10 bits per heavy atom. The highest BCUT2D eigenvalue weighted by Gasteiger charge is 2.47. The molecule has 1 fully saturated rings. The molecule has 1 saturated heterocycles. The lowest BCUT2D eigenvalue weighted by atomic mass is 9.80. The molecule has 0 saturated carbocycles. The number of carbonyl (C=O) groups excluding carboxylic acids is 2. The van der Waals surface area contributed by atoms with Crippen molar-refractivity contribution in [1.82, 2.24) is 9.88 Å². The molecule has 1 aliphatic carbocycles. The number of anilines is 1. The maximum Gasteiger partial charge on any atom is 0.304 e. The van der Waals surface area contributed by atoms with Gasteiger partial charge in [0.2, 0.25) is 5.91 Å². The van der Waals surface area contributed by atoms with Gasteiger partial charge in [-0.2, -0.15) is 0 Å². The van der Waals surface area contributed by atoms with Crippen LogP contribution in [0.1, 0.15) is 17.5 Å². The average Bonchev–Trinajstić information content (AvgIpc) is 3.60.